The molecule has 2 aromatic heterocycles. The minimum absolute atomic E-state index is 0.0252. The summed E-state index contributed by atoms with van der Waals surface area (Å²) in [5.74, 6) is -2.41. The maximum Gasteiger partial charge on any atom is 0.407 e. The van der Waals surface area contributed by atoms with Crippen LogP contribution in [0.25, 0.3) is 5.65 Å². The van der Waals surface area contributed by atoms with Crippen LogP contribution in [-0.2, 0) is 18.0 Å². The van der Waals surface area contributed by atoms with Crippen molar-refractivity contribution < 1.29 is 41.0 Å². The summed E-state index contributed by atoms with van der Waals surface area (Å²) >= 11 is 0. The number of carbonyl (C=O) groups excluding carboxylic acids is 2. The van der Waals surface area contributed by atoms with Crippen molar-refractivity contribution in [3.05, 3.63) is 94.6 Å². The molecule has 4 aromatic rings. The van der Waals surface area contributed by atoms with Crippen LogP contribution in [-0.4, -0.2) is 44.6 Å². The van der Waals surface area contributed by atoms with Crippen molar-refractivity contribution in [2.75, 3.05) is 6.54 Å². The molecule has 9 nitrogen and oxygen atoms in total. The zero-order chi connectivity index (χ0) is 32.1. The standard InChI is InChI=1S/C30H30F5N5O4/c1-18-14-40-24(19(2)38-25(40)27(37-18)43-16-21-22(31)10-7-11-23(21)32)26(41)36-17-29(3,12-13-30(33,34)35)39-28(42)44-15-20-8-5-4-6-9-20/h4-11,14H,12-13,15-17H2,1-3H3,(H,36,41)(H,39,42). The van der Waals surface area contributed by atoms with E-state index < -0.39 is 54.8 Å². The highest BCUT2D eigenvalue weighted by molar-refractivity contribution is 5.95. The molecule has 1 atom stereocenters. The molecule has 2 N–H and O–H groups in total. The van der Waals surface area contributed by atoms with Crippen molar-refractivity contribution in [1.29, 1.82) is 0 Å². The Morgan fingerprint density at radius 3 is 2.27 bits per heavy atom. The Balaban J connectivity index is 1.51. The normalized spacial score (nSPS) is 12.9. The number of fused-ring (bicyclic) bond motifs is 1. The molecule has 0 bridgehead atoms. The van der Waals surface area contributed by atoms with Crippen molar-refractivity contribution >= 4 is 17.6 Å². The Kier molecular flexibility index (Phi) is 9.70. The van der Waals surface area contributed by atoms with Crippen molar-refractivity contribution in [2.24, 2.45) is 0 Å². The number of hydrogen-bond acceptors (Lipinski definition) is 6. The molecule has 0 saturated carbocycles. The SMILES string of the molecule is Cc1cn2c(C(=O)NCC(C)(CCC(F)(F)F)NC(=O)OCc3ccccc3)c(C)nc2c(OCc2c(F)cccc2F)n1. The summed E-state index contributed by atoms with van der Waals surface area (Å²) in [5.41, 5.74) is -0.459. The summed E-state index contributed by atoms with van der Waals surface area (Å²) in [7, 11) is 0. The van der Waals surface area contributed by atoms with Gasteiger partial charge in [-0.05, 0) is 44.9 Å². The lowest BCUT2D eigenvalue weighted by atomic mass is 9.95. The summed E-state index contributed by atoms with van der Waals surface area (Å²) in [4.78, 5) is 34.5. The number of carbonyl (C=O) groups is 2. The molecule has 2 aromatic carbocycles. The first kappa shape index (κ1) is 32.2. The monoisotopic (exact) mass is 619 g/mol. The quantitative estimate of drug-likeness (QED) is 0.201. The summed E-state index contributed by atoms with van der Waals surface area (Å²) < 4.78 is 79.8. The molecule has 0 spiro atoms. The number of nitrogens with one attached hydrogen (secondary N) is 2. The van der Waals surface area contributed by atoms with Gasteiger partial charge in [-0.1, -0.05) is 36.4 Å². The molecule has 0 saturated heterocycles. The van der Waals surface area contributed by atoms with E-state index in [1.807, 2.05) is 0 Å². The van der Waals surface area contributed by atoms with E-state index in [9.17, 15) is 31.5 Å². The van der Waals surface area contributed by atoms with Gasteiger partial charge in [0.25, 0.3) is 11.8 Å². The molecule has 2 amide bonds. The third-order valence-electron chi connectivity index (χ3n) is 6.72. The smallest absolute Gasteiger partial charge is 0.407 e. The van der Waals surface area contributed by atoms with E-state index >= 15 is 0 Å². The molecule has 0 aliphatic carbocycles. The van der Waals surface area contributed by atoms with Crippen LogP contribution in [0.15, 0.2) is 54.7 Å². The largest absolute Gasteiger partial charge is 0.470 e. The lowest BCUT2D eigenvalue weighted by molar-refractivity contribution is -0.138. The molecule has 4 rings (SSSR count). The number of alkyl carbamates (subject to hydrolysis) is 1. The number of aromatic nitrogens is 3. The van der Waals surface area contributed by atoms with Crippen LogP contribution in [0.2, 0.25) is 0 Å². The highest BCUT2D eigenvalue weighted by atomic mass is 19.4. The van der Waals surface area contributed by atoms with Crippen molar-refractivity contribution in [3.63, 3.8) is 0 Å². The van der Waals surface area contributed by atoms with E-state index in [-0.39, 0.29) is 41.6 Å². The van der Waals surface area contributed by atoms with Gasteiger partial charge in [-0.3, -0.25) is 9.20 Å². The summed E-state index contributed by atoms with van der Waals surface area (Å²) in [6.07, 6.45) is -5.74. The van der Waals surface area contributed by atoms with Gasteiger partial charge in [0.15, 0.2) is 0 Å². The molecule has 0 radical (unpaired) electrons. The Labute approximate surface area is 249 Å². The summed E-state index contributed by atoms with van der Waals surface area (Å²) in [5, 5.41) is 5.05. The molecule has 234 valence electrons. The molecule has 0 fully saturated rings. The van der Waals surface area contributed by atoms with E-state index in [4.69, 9.17) is 9.47 Å². The Hall–Kier alpha value is -4.75. The third kappa shape index (κ3) is 8.20. The Morgan fingerprint density at radius 1 is 0.932 bits per heavy atom. The fourth-order valence-corrected chi connectivity index (χ4v) is 4.41. The number of aryl methyl sites for hydroxylation is 2. The van der Waals surface area contributed by atoms with Gasteiger partial charge in [0.05, 0.1) is 22.5 Å². The number of rotatable bonds is 11. The first-order valence-corrected chi connectivity index (χ1v) is 13.5. The van der Waals surface area contributed by atoms with Gasteiger partial charge in [-0.15, -0.1) is 0 Å². The topological polar surface area (TPSA) is 107 Å². The Bertz CT molecular complexity index is 1620. The van der Waals surface area contributed by atoms with Crippen molar-refractivity contribution in [1.82, 2.24) is 25.0 Å². The molecule has 14 heteroatoms. The first-order valence-electron chi connectivity index (χ1n) is 13.5. The molecule has 0 aliphatic rings. The van der Waals surface area contributed by atoms with Gasteiger partial charge in [0.2, 0.25) is 5.65 Å². The number of benzene rings is 2. The fraction of sp³-hybridized carbons (Fsp3) is 0.333. The maximum absolute atomic E-state index is 14.1. The van der Waals surface area contributed by atoms with E-state index in [1.165, 1.54) is 30.5 Å². The van der Waals surface area contributed by atoms with Crippen molar-refractivity contribution in [2.45, 2.75) is 58.5 Å². The molecular formula is C30H30F5N5O4. The second-order valence-electron chi connectivity index (χ2n) is 10.5. The number of ether oxygens (including phenoxy) is 2. The van der Waals surface area contributed by atoms with Crippen LogP contribution in [0.5, 0.6) is 5.88 Å². The molecular weight excluding hydrogens is 589 g/mol. The zero-order valence-electron chi connectivity index (χ0n) is 24.1. The highest BCUT2D eigenvalue weighted by Crippen LogP contribution is 2.27. The van der Waals surface area contributed by atoms with Gasteiger partial charge >= 0.3 is 12.3 Å². The minimum atomic E-state index is -4.51. The van der Waals surface area contributed by atoms with Gasteiger partial charge < -0.3 is 20.1 Å². The third-order valence-corrected chi connectivity index (χ3v) is 6.72. The fourth-order valence-electron chi connectivity index (χ4n) is 4.41. The van der Waals surface area contributed by atoms with E-state index in [0.29, 0.717) is 11.3 Å². The molecule has 1 unspecified atom stereocenters. The average Bonchev–Trinajstić information content (AvgIpc) is 3.29. The van der Waals surface area contributed by atoms with E-state index in [2.05, 4.69) is 20.6 Å². The van der Waals surface area contributed by atoms with Crippen molar-refractivity contribution in [3.8, 4) is 5.88 Å². The van der Waals surface area contributed by atoms with Gasteiger partial charge in [0, 0.05) is 19.2 Å². The van der Waals surface area contributed by atoms with E-state index in [1.54, 1.807) is 37.3 Å². The number of halogens is 5. The van der Waals surface area contributed by atoms with Gasteiger partial charge in [-0.25, -0.2) is 23.5 Å². The van der Waals surface area contributed by atoms with E-state index in [0.717, 1.165) is 12.1 Å². The number of imidazole rings is 1. The number of nitrogens with zero attached hydrogens (tertiary/aromatic N) is 3. The van der Waals surface area contributed by atoms with Crippen LogP contribution in [0.1, 0.15) is 52.8 Å². The summed E-state index contributed by atoms with van der Waals surface area (Å²) in [6.45, 7) is 3.52. The summed E-state index contributed by atoms with van der Waals surface area (Å²) in [6, 6.07) is 12.1. The number of hydrogen-bond donors (Lipinski definition) is 2. The Morgan fingerprint density at radius 2 is 1.61 bits per heavy atom. The number of amides is 2. The van der Waals surface area contributed by atoms with Crippen LogP contribution in [0, 0.1) is 25.5 Å². The molecule has 0 aliphatic heterocycles. The minimum Gasteiger partial charge on any atom is -0.470 e. The van der Waals surface area contributed by atoms with Crippen LogP contribution < -0.4 is 15.4 Å². The van der Waals surface area contributed by atoms with Crippen LogP contribution >= 0.6 is 0 Å². The predicted molar refractivity (Wildman–Crippen MR) is 149 cm³/mol. The second kappa shape index (κ2) is 13.3. The lowest BCUT2D eigenvalue weighted by Gasteiger charge is -2.31. The van der Waals surface area contributed by atoms with Gasteiger partial charge in [-0.2, -0.15) is 13.2 Å². The molecule has 44 heavy (non-hydrogen) atoms. The highest BCUT2D eigenvalue weighted by Gasteiger charge is 2.35. The number of alkyl halides is 3. The lowest BCUT2D eigenvalue weighted by Crippen LogP contribution is -2.54. The zero-order valence-corrected chi connectivity index (χ0v) is 24.1. The van der Waals surface area contributed by atoms with Gasteiger partial charge in [0.1, 0.15) is 30.5 Å². The molecule has 2 heterocycles. The second-order valence-corrected chi connectivity index (χ2v) is 10.5. The van der Waals surface area contributed by atoms with Crippen LogP contribution in [0.3, 0.4) is 0 Å². The average molecular weight is 620 g/mol. The maximum atomic E-state index is 14.1. The predicted octanol–water partition coefficient (Wildman–Crippen LogP) is 5.96. The first-order chi connectivity index (χ1) is 20.7. The van der Waals surface area contributed by atoms with Crippen LogP contribution in [0.4, 0.5) is 26.7 Å².